The second-order valence-electron chi connectivity index (χ2n) is 7.57. The van der Waals surface area contributed by atoms with Crippen molar-refractivity contribution in [2.75, 3.05) is 19.7 Å². The van der Waals surface area contributed by atoms with Crippen LogP contribution in [0.1, 0.15) is 26.7 Å². The number of allylic oxidation sites excluding steroid dienone is 1. The predicted octanol–water partition coefficient (Wildman–Crippen LogP) is 0.601. The van der Waals surface area contributed by atoms with Crippen molar-refractivity contribution < 1.29 is 19.1 Å². The molecule has 1 saturated heterocycles. The molecular weight excluding hydrogens is 372 g/mol. The average Bonchev–Trinajstić information content (AvgIpc) is 3.44. The summed E-state index contributed by atoms with van der Waals surface area (Å²) in [4.78, 5) is 38.1. The molecule has 3 rings (SSSR count). The van der Waals surface area contributed by atoms with Gasteiger partial charge in [-0.2, -0.15) is 0 Å². The number of carbonyl (C=O) groups excluding carboxylic acids is 3. The number of ketones is 1. The number of rotatable bonds is 7. The van der Waals surface area contributed by atoms with Crippen LogP contribution < -0.4 is 11.1 Å². The molecule has 0 aromatic carbocycles. The summed E-state index contributed by atoms with van der Waals surface area (Å²) in [6, 6.07) is -0.656. The number of nitrogens with two attached hydrogens (primary N) is 1. The lowest BCUT2D eigenvalue weighted by molar-refractivity contribution is -0.139. The highest BCUT2D eigenvalue weighted by atomic mass is 16.5. The number of piperidine rings is 1. The number of hydrogen-bond acceptors (Lipinski definition) is 5. The SMILES string of the molecule is CC(=O)COC1CCN(C(=O)C(C)NC(=O)C2C=CC(C(=N)N)=CC3=C=C32)CC1. The van der Waals surface area contributed by atoms with E-state index in [2.05, 4.69) is 11.0 Å². The summed E-state index contributed by atoms with van der Waals surface area (Å²) >= 11 is 0. The molecule has 0 bridgehead atoms. The van der Waals surface area contributed by atoms with Crippen molar-refractivity contribution >= 4 is 23.4 Å². The maximum Gasteiger partial charge on any atom is 0.244 e. The number of amidine groups is 1. The number of Topliss-reactive ketones (excluding diaryl/α,β-unsaturated/α-hetero) is 1. The Kier molecular flexibility index (Phi) is 6.15. The molecule has 0 saturated carbocycles. The molecule has 2 atom stereocenters. The standard InChI is InChI=1S/C21H26N4O4/c1-12(26)11-29-16-5-7-25(8-6-16)21(28)13(2)24-20(27)17-4-3-14(19(22)23)9-15-10-18(15)17/h3-4,9,13,16-17H,5-8,11H2,1-2H3,(H3,22,23)(H,24,27). The summed E-state index contributed by atoms with van der Waals surface area (Å²) < 4.78 is 5.52. The molecule has 154 valence electrons. The van der Waals surface area contributed by atoms with Crippen molar-refractivity contribution in [3.63, 3.8) is 0 Å². The monoisotopic (exact) mass is 398 g/mol. The van der Waals surface area contributed by atoms with Gasteiger partial charge in [0.25, 0.3) is 0 Å². The first-order chi connectivity index (χ1) is 13.8. The summed E-state index contributed by atoms with van der Waals surface area (Å²) in [6.45, 7) is 4.33. The number of nitrogens with one attached hydrogen (secondary N) is 2. The van der Waals surface area contributed by atoms with E-state index < -0.39 is 12.0 Å². The van der Waals surface area contributed by atoms with Crippen molar-refractivity contribution in [2.45, 2.75) is 38.8 Å². The Morgan fingerprint density at radius 1 is 1.38 bits per heavy atom. The van der Waals surface area contributed by atoms with Crippen LogP contribution >= 0.6 is 0 Å². The Bertz CT molecular complexity index is 871. The zero-order chi connectivity index (χ0) is 21.1. The van der Waals surface area contributed by atoms with Gasteiger partial charge in [-0.25, -0.2) is 0 Å². The normalized spacial score (nSPS) is 21.8. The van der Waals surface area contributed by atoms with Gasteiger partial charge in [-0.15, -0.1) is 5.73 Å². The largest absolute Gasteiger partial charge is 0.384 e. The van der Waals surface area contributed by atoms with Crippen LogP contribution in [-0.4, -0.2) is 60.2 Å². The highest BCUT2D eigenvalue weighted by molar-refractivity contribution is 6.00. The molecule has 1 aliphatic heterocycles. The number of hydrogen-bond donors (Lipinski definition) is 3. The summed E-state index contributed by atoms with van der Waals surface area (Å²) in [5.41, 5.74) is 10.6. The molecular formula is C21H26N4O4. The zero-order valence-electron chi connectivity index (χ0n) is 16.7. The Labute approximate surface area is 169 Å². The second-order valence-corrected chi connectivity index (χ2v) is 7.57. The number of amides is 2. The van der Waals surface area contributed by atoms with Gasteiger partial charge in [0.1, 0.15) is 18.5 Å². The molecule has 2 unspecified atom stereocenters. The van der Waals surface area contributed by atoms with Gasteiger partial charge in [-0.3, -0.25) is 19.8 Å². The number of likely N-dealkylation sites (tertiary alicyclic amines) is 1. The number of ether oxygens (including phenoxy) is 1. The molecule has 3 aliphatic rings. The predicted molar refractivity (Wildman–Crippen MR) is 107 cm³/mol. The first-order valence-corrected chi connectivity index (χ1v) is 9.72. The van der Waals surface area contributed by atoms with Crippen molar-refractivity contribution in [1.29, 1.82) is 5.41 Å². The average molecular weight is 398 g/mol. The fraction of sp³-hybridized carbons (Fsp3) is 0.476. The molecule has 0 radical (unpaired) electrons. The third-order valence-electron chi connectivity index (χ3n) is 5.17. The molecule has 1 heterocycles. The quantitative estimate of drug-likeness (QED) is 0.329. The van der Waals surface area contributed by atoms with E-state index in [-0.39, 0.29) is 36.1 Å². The Balaban J connectivity index is 1.50. The molecule has 8 heteroatoms. The van der Waals surface area contributed by atoms with E-state index in [0.29, 0.717) is 31.5 Å². The molecule has 8 nitrogen and oxygen atoms in total. The van der Waals surface area contributed by atoms with Gasteiger partial charge in [0.05, 0.1) is 12.0 Å². The van der Waals surface area contributed by atoms with Gasteiger partial charge in [-0.05, 0) is 32.8 Å². The third-order valence-corrected chi connectivity index (χ3v) is 5.17. The van der Waals surface area contributed by atoms with Gasteiger partial charge in [0.2, 0.25) is 11.8 Å². The number of carbonyl (C=O) groups is 3. The van der Waals surface area contributed by atoms with Gasteiger partial charge in [-0.1, -0.05) is 12.2 Å². The van der Waals surface area contributed by atoms with Crippen LogP contribution in [0.15, 0.2) is 40.7 Å². The molecule has 0 aromatic heterocycles. The molecule has 0 aromatic rings. The van der Waals surface area contributed by atoms with Crippen LogP contribution in [0.2, 0.25) is 0 Å². The van der Waals surface area contributed by atoms with Crippen molar-refractivity contribution in [3.05, 3.63) is 40.7 Å². The van der Waals surface area contributed by atoms with Crippen LogP contribution in [0.5, 0.6) is 0 Å². The fourth-order valence-corrected chi connectivity index (χ4v) is 3.48. The maximum atomic E-state index is 12.7. The van der Waals surface area contributed by atoms with Crippen molar-refractivity contribution in [1.82, 2.24) is 10.2 Å². The van der Waals surface area contributed by atoms with E-state index in [4.69, 9.17) is 15.9 Å². The van der Waals surface area contributed by atoms with Crippen LogP contribution in [0.4, 0.5) is 0 Å². The topological polar surface area (TPSA) is 126 Å². The summed E-state index contributed by atoms with van der Waals surface area (Å²) in [5.74, 6) is -1.04. The Morgan fingerprint density at radius 2 is 2.07 bits per heavy atom. The van der Waals surface area contributed by atoms with E-state index in [1.807, 2.05) is 0 Å². The lowest BCUT2D eigenvalue weighted by Gasteiger charge is -2.33. The molecule has 2 amide bonds. The van der Waals surface area contributed by atoms with E-state index in [9.17, 15) is 14.4 Å². The first kappa shape index (κ1) is 20.8. The lowest BCUT2D eigenvalue weighted by Crippen LogP contribution is -2.51. The van der Waals surface area contributed by atoms with Crippen LogP contribution in [0, 0.1) is 11.3 Å². The van der Waals surface area contributed by atoms with E-state index in [1.165, 1.54) is 6.92 Å². The maximum absolute atomic E-state index is 12.7. The fourth-order valence-electron chi connectivity index (χ4n) is 3.48. The van der Waals surface area contributed by atoms with E-state index >= 15 is 0 Å². The van der Waals surface area contributed by atoms with Crippen molar-refractivity contribution in [2.24, 2.45) is 11.7 Å². The van der Waals surface area contributed by atoms with E-state index in [1.54, 1.807) is 30.1 Å². The van der Waals surface area contributed by atoms with Gasteiger partial charge in [0.15, 0.2) is 5.78 Å². The summed E-state index contributed by atoms with van der Waals surface area (Å²) in [7, 11) is 0. The Hall–Kier alpha value is -2.96. The smallest absolute Gasteiger partial charge is 0.244 e. The minimum absolute atomic E-state index is 0.0125. The lowest BCUT2D eigenvalue weighted by atomic mass is 10.0. The minimum atomic E-state index is -0.656. The number of nitrogens with zero attached hydrogens (tertiary/aromatic N) is 1. The van der Waals surface area contributed by atoms with Crippen LogP contribution in [0.25, 0.3) is 0 Å². The van der Waals surface area contributed by atoms with Gasteiger partial charge < -0.3 is 20.7 Å². The van der Waals surface area contributed by atoms with Crippen molar-refractivity contribution in [3.8, 4) is 0 Å². The zero-order valence-corrected chi connectivity index (χ0v) is 16.7. The van der Waals surface area contributed by atoms with Gasteiger partial charge >= 0.3 is 0 Å². The Morgan fingerprint density at radius 3 is 2.69 bits per heavy atom. The summed E-state index contributed by atoms with van der Waals surface area (Å²) in [6.07, 6.45) is 6.39. The summed E-state index contributed by atoms with van der Waals surface area (Å²) in [5, 5.41) is 10.3. The number of fused-ring (bicyclic) bond motifs is 1. The minimum Gasteiger partial charge on any atom is -0.384 e. The molecule has 1 fully saturated rings. The van der Waals surface area contributed by atoms with Crippen LogP contribution in [-0.2, 0) is 19.1 Å². The molecule has 2 aliphatic carbocycles. The second kappa shape index (κ2) is 8.59. The molecule has 0 spiro atoms. The third kappa shape index (κ3) is 5.10. The first-order valence-electron chi connectivity index (χ1n) is 9.72. The highest BCUT2D eigenvalue weighted by Gasteiger charge is 2.33. The molecule has 4 N–H and O–H groups in total. The van der Waals surface area contributed by atoms with Crippen LogP contribution in [0.3, 0.4) is 0 Å². The van der Waals surface area contributed by atoms with E-state index in [0.717, 1.165) is 11.1 Å². The highest BCUT2D eigenvalue weighted by Crippen LogP contribution is 2.34. The molecule has 29 heavy (non-hydrogen) atoms. The van der Waals surface area contributed by atoms with Gasteiger partial charge in [0, 0.05) is 29.8 Å².